The fourth-order valence-corrected chi connectivity index (χ4v) is 3.17. The van der Waals surface area contributed by atoms with Gasteiger partial charge in [0.1, 0.15) is 11.9 Å². The number of nitrogens with one attached hydrogen (secondary N) is 1. The van der Waals surface area contributed by atoms with Gasteiger partial charge >= 0.3 is 0 Å². The molecule has 24 heavy (non-hydrogen) atoms. The van der Waals surface area contributed by atoms with E-state index in [1.54, 1.807) is 23.1 Å². The zero-order valence-electron chi connectivity index (χ0n) is 14.9. The van der Waals surface area contributed by atoms with Gasteiger partial charge < -0.3 is 10.2 Å². The van der Waals surface area contributed by atoms with Crippen LogP contribution in [0.1, 0.15) is 46.1 Å². The van der Waals surface area contributed by atoms with Crippen LogP contribution in [0.5, 0.6) is 0 Å². The molecule has 0 saturated carbocycles. The normalized spacial score (nSPS) is 18.1. The Morgan fingerprint density at radius 3 is 2.62 bits per heavy atom. The molecule has 1 atom stereocenters. The van der Waals surface area contributed by atoms with Crippen molar-refractivity contribution in [1.82, 2.24) is 10.2 Å². The maximum absolute atomic E-state index is 14.0. The van der Waals surface area contributed by atoms with Gasteiger partial charge in [-0.25, -0.2) is 4.39 Å². The van der Waals surface area contributed by atoms with Crippen LogP contribution < -0.4 is 5.32 Å². The number of nitrogens with zero attached hydrogens (tertiary/aromatic N) is 1. The summed E-state index contributed by atoms with van der Waals surface area (Å²) in [5.74, 6) is -0.519. The SMILES string of the molecule is CC(C)C(=O)N1CCC[C@@H]1C(=O)NCC(C)(C)c1ccccc1F. The van der Waals surface area contributed by atoms with Gasteiger partial charge in [-0.1, -0.05) is 45.9 Å². The van der Waals surface area contributed by atoms with E-state index in [0.717, 1.165) is 6.42 Å². The standard InChI is InChI=1S/C19H27FN2O2/c1-13(2)18(24)22-11-7-10-16(22)17(23)21-12-19(3,4)14-8-5-6-9-15(14)20/h5-6,8-9,13,16H,7,10-12H2,1-4H3,(H,21,23)/t16-/m1/s1. The van der Waals surface area contributed by atoms with E-state index in [9.17, 15) is 14.0 Å². The molecule has 1 heterocycles. The van der Waals surface area contributed by atoms with Crippen LogP contribution in [0.2, 0.25) is 0 Å². The zero-order valence-corrected chi connectivity index (χ0v) is 14.9. The summed E-state index contributed by atoms with van der Waals surface area (Å²) in [4.78, 5) is 26.4. The van der Waals surface area contributed by atoms with Crippen LogP contribution in [0.25, 0.3) is 0 Å². The molecule has 132 valence electrons. The van der Waals surface area contributed by atoms with Crippen molar-refractivity contribution in [3.63, 3.8) is 0 Å². The van der Waals surface area contributed by atoms with E-state index in [1.165, 1.54) is 6.07 Å². The number of amides is 2. The fourth-order valence-electron chi connectivity index (χ4n) is 3.17. The molecule has 0 unspecified atom stereocenters. The van der Waals surface area contributed by atoms with Crippen molar-refractivity contribution in [2.45, 2.75) is 52.0 Å². The molecule has 0 radical (unpaired) electrons. The number of carbonyl (C=O) groups is 2. The third kappa shape index (κ3) is 3.94. The molecular weight excluding hydrogens is 307 g/mol. The number of carbonyl (C=O) groups excluding carboxylic acids is 2. The Kier molecular flexibility index (Phi) is 5.62. The maximum atomic E-state index is 14.0. The molecule has 1 N–H and O–H groups in total. The summed E-state index contributed by atoms with van der Waals surface area (Å²) in [5.41, 5.74) is 0.0544. The van der Waals surface area contributed by atoms with Gasteiger partial charge in [-0.05, 0) is 24.5 Å². The molecule has 2 rings (SSSR count). The summed E-state index contributed by atoms with van der Waals surface area (Å²) in [6.45, 7) is 8.45. The number of rotatable bonds is 5. The molecule has 1 saturated heterocycles. The average Bonchev–Trinajstić information content (AvgIpc) is 3.01. The Hall–Kier alpha value is -1.91. The molecule has 0 aliphatic carbocycles. The second-order valence-corrected chi connectivity index (χ2v) is 7.43. The monoisotopic (exact) mass is 334 g/mol. The topological polar surface area (TPSA) is 49.4 Å². The molecule has 5 heteroatoms. The van der Waals surface area contributed by atoms with Gasteiger partial charge in [-0.3, -0.25) is 9.59 Å². The molecule has 2 amide bonds. The summed E-state index contributed by atoms with van der Waals surface area (Å²) in [7, 11) is 0. The third-order valence-corrected chi connectivity index (χ3v) is 4.64. The van der Waals surface area contributed by atoms with Gasteiger partial charge in [-0.2, -0.15) is 0 Å². The van der Waals surface area contributed by atoms with Crippen molar-refractivity contribution in [3.05, 3.63) is 35.6 Å². The highest BCUT2D eigenvalue weighted by Gasteiger charge is 2.35. The van der Waals surface area contributed by atoms with Gasteiger partial charge in [0.25, 0.3) is 0 Å². The van der Waals surface area contributed by atoms with Crippen molar-refractivity contribution >= 4 is 11.8 Å². The molecule has 4 nitrogen and oxygen atoms in total. The average molecular weight is 334 g/mol. The van der Waals surface area contributed by atoms with Gasteiger partial charge in [0.15, 0.2) is 0 Å². The lowest BCUT2D eigenvalue weighted by molar-refractivity contribution is -0.140. The molecule has 0 bridgehead atoms. The second-order valence-electron chi connectivity index (χ2n) is 7.43. The molecule has 0 aromatic heterocycles. The van der Waals surface area contributed by atoms with E-state index >= 15 is 0 Å². The van der Waals surface area contributed by atoms with Gasteiger partial charge in [0.05, 0.1) is 0 Å². The number of likely N-dealkylation sites (tertiary alicyclic amines) is 1. The van der Waals surface area contributed by atoms with Gasteiger partial charge in [0, 0.05) is 24.4 Å². The van der Waals surface area contributed by atoms with Gasteiger partial charge in [-0.15, -0.1) is 0 Å². The fraction of sp³-hybridized carbons (Fsp3) is 0.579. The number of benzene rings is 1. The van der Waals surface area contributed by atoms with E-state index in [2.05, 4.69) is 5.32 Å². The van der Waals surface area contributed by atoms with Crippen molar-refractivity contribution < 1.29 is 14.0 Å². The highest BCUT2D eigenvalue weighted by molar-refractivity contribution is 5.88. The molecule has 1 aliphatic heterocycles. The zero-order chi connectivity index (χ0) is 17.9. The maximum Gasteiger partial charge on any atom is 0.242 e. The minimum atomic E-state index is -0.521. The molecular formula is C19H27FN2O2. The lowest BCUT2D eigenvalue weighted by atomic mass is 9.84. The second kappa shape index (κ2) is 7.32. The lowest BCUT2D eigenvalue weighted by Crippen LogP contribution is -2.49. The first kappa shape index (κ1) is 18.4. The number of hydrogen-bond acceptors (Lipinski definition) is 2. The quantitative estimate of drug-likeness (QED) is 0.900. The number of hydrogen-bond donors (Lipinski definition) is 1. The number of halogens is 1. The molecule has 0 spiro atoms. The van der Waals surface area contributed by atoms with E-state index in [-0.39, 0.29) is 23.5 Å². The van der Waals surface area contributed by atoms with Crippen molar-refractivity contribution in [2.75, 3.05) is 13.1 Å². The lowest BCUT2D eigenvalue weighted by Gasteiger charge is -2.29. The van der Waals surface area contributed by atoms with Crippen molar-refractivity contribution in [2.24, 2.45) is 5.92 Å². The first-order valence-electron chi connectivity index (χ1n) is 8.57. The molecule has 1 fully saturated rings. The summed E-state index contributed by atoms with van der Waals surface area (Å²) in [5, 5.41) is 2.91. The van der Waals surface area contributed by atoms with Crippen molar-refractivity contribution in [3.8, 4) is 0 Å². The largest absolute Gasteiger partial charge is 0.353 e. The van der Waals surface area contributed by atoms with E-state index in [1.807, 2.05) is 27.7 Å². The first-order chi connectivity index (χ1) is 11.2. The van der Waals surface area contributed by atoms with Crippen molar-refractivity contribution in [1.29, 1.82) is 0 Å². The van der Waals surface area contributed by atoms with Crippen LogP contribution >= 0.6 is 0 Å². The van der Waals surface area contributed by atoms with Crippen LogP contribution in [-0.4, -0.2) is 35.8 Å². The minimum absolute atomic E-state index is 0.0148. The summed E-state index contributed by atoms with van der Waals surface area (Å²) < 4.78 is 14.0. The molecule has 1 aromatic rings. The summed E-state index contributed by atoms with van der Waals surface area (Å²) in [6, 6.07) is 6.21. The van der Waals surface area contributed by atoms with Crippen LogP contribution in [0, 0.1) is 11.7 Å². The van der Waals surface area contributed by atoms with Crippen LogP contribution in [0.3, 0.4) is 0 Å². The minimum Gasteiger partial charge on any atom is -0.353 e. The molecule has 1 aliphatic rings. The highest BCUT2D eigenvalue weighted by atomic mass is 19.1. The van der Waals surface area contributed by atoms with E-state index in [0.29, 0.717) is 25.1 Å². The Morgan fingerprint density at radius 2 is 2.00 bits per heavy atom. The van der Waals surface area contributed by atoms with Crippen LogP contribution in [0.4, 0.5) is 4.39 Å². The predicted molar refractivity (Wildman–Crippen MR) is 92.0 cm³/mol. The van der Waals surface area contributed by atoms with E-state index < -0.39 is 11.5 Å². The molecule has 1 aromatic carbocycles. The smallest absolute Gasteiger partial charge is 0.242 e. The van der Waals surface area contributed by atoms with Crippen LogP contribution in [0.15, 0.2) is 24.3 Å². The Labute approximate surface area is 143 Å². The predicted octanol–water partition coefficient (Wildman–Crippen LogP) is 2.87. The summed E-state index contributed by atoms with van der Waals surface area (Å²) >= 11 is 0. The first-order valence-corrected chi connectivity index (χ1v) is 8.57. The van der Waals surface area contributed by atoms with Crippen LogP contribution in [-0.2, 0) is 15.0 Å². The van der Waals surface area contributed by atoms with Gasteiger partial charge in [0.2, 0.25) is 11.8 Å². The summed E-state index contributed by atoms with van der Waals surface area (Å²) in [6.07, 6.45) is 1.53. The van der Waals surface area contributed by atoms with E-state index in [4.69, 9.17) is 0 Å². The Bertz CT molecular complexity index is 613. The Balaban J connectivity index is 2.02. The highest BCUT2D eigenvalue weighted by Crippen LogP contribution is 2.25. The Morgan fingerprint density at radius 1 is 1.33 bits per heavy atom. The third-order valence-electron chi connectivity index (χ3n) is 4.64.